The van der Waals surface area contributed by atoms with E-state index < -0.39 is 0 Å². The summed E-state index contributed by atoms with van der Waals surface area (Å²) in [5, 5.41) is 2.97. The van der Waals surface area contributed by atoms with Crippen LogP contribution >= 0.6 is 0 Å². The van der Waals surface area contributed by atoms with Gasteiger partial charge in [0, 0.05) is 31.5 Å². The maximum absolute atomic E-state index is 12.2. The standard InChI is InChI=1S/C13H22N2O2/c1-2-12(16)14-11-7-8-15(9-11)13(17)10-5-3-4-6-10/h10-11H,2-9H2,1H3,(H,14,16). The van der Waals surface area contributed by atoms with Crippen LogP contribution in [0.5, 0.6) is 0 Å². The van der Waals surface area contributed by atoms with Crippen LogP contribution in [0.4, 0.5) is 0 Å². The molecule has 1 aliphatic carbocycles. The Morgan fingerprint density at radius 2 is 1.94 bits per heavy atom. The molecule has 0 bridgehead atoms. The molecule has 2 rings (SSSR count). The molecule has 0 aromatic carbocycles. The Hall–Kier alpha value is -1.06. The van der Waals surface area contributed by atoms with Gasteiger partial charge in [-0.2, -0.15) is 0 Å². The highest BCUT2D eigenvalue weighted by atomic mass is 16.2. The Morgan fingerprint density at radius 1 is 1.24 bits per heavy atom. The van der Waals surface area contributed by atoms with Gasteiger partial charge in [-0.3, -0.25) is 9.59 Å². The lowest BCUT2D eigenvalue weighted by Crippen LogP contribution is -2.39. The Kier molecular flexibility index (Phi) is 4.02. The van der Waals surface area contributed by atoms with E-state index in [1.165, 1.54) is 12.8 Å². The first-order chi connectivity index (χ1) is 8.20. The lowest BCUT2D eigenvalue weighted by atomic mass is 10.1. The molecule has 4 nitrogen and oxygen atoms in total. The van der Waals surface area contributed by atoms with Crippen molar-refractivity contribution in [2.75, 3.05) is 13.1 Å². The summed E-state index contributed by atoms with van der Waals surface area (Å²) in [6, 6.07) is 0.174. The van der Waals surface area contributed by atoms with Crippen molar-refractivity contribution >= 4 is 11.8 Å². The first-order valence-electron chi connectivity index (χ1n) is 6.79. The highest BCUT2D eigenvalue weighted by molar-refractivity contribution is 5.80. The summed E-state index contributed by atoms with van der Waals surface area (Å²) in [6.07, 6.45) is 5.93. The van der Waals surface area contributed by atoms with Gasteiger partial charge in [0.25, 0.3) is 0 Å². The third kappa shape index (κ3) is 2.99. The van der Waals surface area contributed by atoms with E-state index >= 15 is 0 Å². The number of amides is 2. The maximum Gasteiger partial charge on any atom is 0.225 e. The largest absolute Gasteiger partial charge is 0.352 e. The molecular formula is C13H22N2O2. The Balaban J connectivity index is 1.80. The molecule has 1 unspecified atom stereocenters. The van der Waals surface area contributed by atoms with Crippen molar-refractivity contribution in [3.63, 3.8) is 0 Å². The zero-order valence-corrected chi connectivity index (χ0v) is 10.6. The minimum Gasteiger partial charge on any atom is -0.352 e. The highest BCUT2D eigenvalue weighted by Crippen LogP contribution is 2.27. The molecule has 1 saturated heterocycles. The molecule has 1 aliphatic heterocycles. The quantitative estimate of drug-likeness (QED) is 0.805. The number of hydrogen-bond donors (Lipinski definition) is 1. The molecule has 1 heterocycles. The predicted octanol–water partition coefficient (Wildman–Crippen LogP) is 1.30. The Labute approximate surface area is 103 Å². The van der Waals surface area contributed by atoms with Gasteiger partial charge in [-0.1, -0.05) is 19.8 Å². The van der Waals surface area contributed by atoms with Gasteiger partial charge in [0.1, 0.15) is 0 Å². The van der Waals surface area contributed by atoms with Crippen molar-refractivity contribution in [3.05, 3.63) is 0 Å². The average molecular weight is 238 g/mol. The molecular weight excluding hydrogens is 216 g/mol. The number of carbonyl (C=O) groups excluding carboxylic acids is 2. The molecule has 2 aliphatic rings. The predicted molar refractivity (Wildman–Crippen MR) is 65.4 cm³/mol. The second-order valence-electron chi connectivity index (χ2n) is 5.17. The van der Waals surface area contributed by atoms with Gasteiger partial charge >= 0.3 is 0 Å². The first kappa shape index (κ1) is 12.4. The molecule has 1 saturated carbocycles. The van der Waals surface area contributed by atoms with Gasteiger partial charge in [-0.05, 0) is 19.3 Å². The molecule has 0 radical (unpaired) electrons. The summed E-state index contributed by atoms with van der Waals surface area (Å²) >= 11 is 0. The lowest BCUT2D eigenvalue weighted by molar-refractivity contribution is -0.134. The van der Waals surface area contributed by atoms with Gasteiger partial charge in [0.15, 0.2) is 0 Å². The number of likely N-dealkylation sites (tertiary alicyclic amines) is 1. The molecule has 1 atom stereocenters. The third-order valence-electron chi connectivity index (χ3n) is 3.89. The van der Waals surface area contributed by atoms with Crippen LogP contribution in [-0.4, -0.2) is 35.8 Å². The molecule has 0 aromatic rings. The van der Waals surface area contributed by atoms with E-state index in [-0.39, 0.29) is 17.9 Å². The van der Waals surface area contributed by atoms with Crippen LogP contribution in [0.2, 0.25) is 0 Å². The fourth-order valence-corrected chi connectivity index (χ4v) is 2.84. The topological polar surface area (TPSA) is 49.4 Å². The zero-order chi connectivity index (χ0) is 12.3. The Morgan fingerprint density at radius 3 is 2.59 bits per heavy atom. The SMILES string of the molecule is CCC(=O)NC1CCN(C(=O)C2CCCC2)C1. The van der Waals surface area contributed by atoms with Crippen LogP contribution in [0.1, 0.15) is 45.4 Å². The second-order valence-corrected chi connectivity index (χ2v) is 5.17. The first-order valence-corrected chi connectivity index (χ1v) is 6.79. The van der Waals surface area contributed by atoms with Gasteiger partial charge in [0.2, 0.25) is 11.8 Å². The molecule has 4 heteroatoms. The molecule has 1 N–H and O–H groups in total. The van der Waals surface area contributed by atoms with Crippen LogP contribution in [0.15, 0.2) is 0 Å². The summed E-state index contributed by atoms with van der Waals surface area (Å²) in [5.41, 5.74) is 0. The van der Waals surface area contributed by atoms with Gasteiger partial charge < -0.3 is 10.2 Å². The highest BCUT2D eigenvalue weighted by Gasteiger charge is 2.32. The van der Waals surface area contributed by atoms with Gasteiger partial charge in [0.05, 0.1) is 0 Å². The van der Waals surface area contributed by atoms with E-state index in [2.05, 4.69) is 5.32 Å². The van der Waals surface area contributed by atoms with Crippen LogP contribution in [-0.2, 0) is 9.59 Å². The average Bonchev–Trinajstić information content (AvgIpc) is 2.98. The molecule has 2 amide bonds. The lowest BCUT2D eigenvalue weighted by Gasteiger charge is -2.20. The normalized spacial score (nSPS) is 25.2. The van der Waals surface area contributed by atoms with Gasteiger partial charge in [-0.25, -0.2) is 0 Å². The second kappa shape index (κ2) is 5.52. The van der Waals surface area contributed by atoms with Crippen molar-refractivity contribution in [3.8, 4) is 0 Å². The van der Waals surface area contributed by atoms with Crippen LogP contribution in [0.25, 0.3) is 0 Å². The van der Waals surface area contributed by atoms with Crippen molar-refractivity contribution < 1.29 is 9.59 Å². The zero-order valence-electron chi connectivity index (χ0n) is 10.6. The molecule has 2 fully saturated rings. The molecule has 0 spiro atoms. The summed E-state index contributed by atoms with van der Waals surface area (Å²) in [6.45, 7) is 3.37. The van der Waals surface area contributed by atoms with Crippen molar-refractivity contribution in [1.29, 1.82) is 0 Å². The molecule has 0 aromatic heterocycles. The number of rotatable bonds is 3. The fourth-order valence-electron chi connectivity index (χ4n) is 2.84. The number of nitrogens with one attached hydrogen (secondary N) is 1. The van der Waals surface area contributed by atoms with E-state index in [9.17, 15) is 9.59 Å². The minimum atomic E-state index is 0.0881. The third-order valence-corrected chi connectivity index (χ3v) is 3.89. The minimum absolute atomic E-state index is 0.0881. The summed E-state index contributed by atoms with van der Waals surface area (Å²) in [4.78, 5) is 25.4. The fraction of sp³-hybridized carbons (Fsp3) is 0.846. The van der Waals surface area contributed by atoms with E-state index in [0.29, 0.717) is 18.9 Å². The number of hydrogen-bond acceptors (Lipinski definition) is 2. The van der Waals surface area contributed by atoms with Crippen LogP contribution in [0, 0.1) is 5.92 Å². The van der Waals surface area contributed by atoms with Crippen LogP contribution in [0.3, 0.4) is 0 Å². The van der Waals surface area contributed by atoms with Crippen molar-refractivity contribution in [1.82, 2.24) is 10.2 Å². The van der Waals surface area contributed by atoms with Crippen molar-refractivity contribution in [2.24, 2.45) is 5.92 Å². The maximum atomic E-state index is 12.2. The van der Waals surface area contributed by atoms with Gasteiger partial charge in [-0.15, -0.1) is 0 Å². The number of carbonyl (C=O) groups is 2. The molecule has 96 valence electrons. The summed E-state index contributed by atoms with van der Waals surface area (Å²) in [7, 11) is 0. The summed E-state index contributed by atoms with van der Waals surface area (Å²) < 4.78 is 0. The van der Waals surface area contributed by atoms with Crippen molar-refractivity contribution in [2.45, 2.75) is 51.5 Å². The van der Waals surface area contributed by atoms with Crippen LogP contribution < -0.4 is 5.32 Å². The van der Waals surface area contributed by atoms with E-state index in [4.69, 9.17) is 0 Å². The van der Waals surface area contributed by atoms with E-state index in [0.717, 1.165) is 25.8 Å². The number of nitrogens with zero attached hydrogens (tertiary/aromatic N) is 1. The van der Waals surface area contributed by atoms with E-state index in [1.54, 1.807) is 0 Å². The van der Waals surface area contributed by atoms with E-state index in [1.807, 2.05) is 11.8 Å². The summed E-state index contributed by atoms with van der Waals surface area (Å²) in [5.74, 6) is 0.663. The monoisotopic (exact) mass is 238 g/mol. The molecule has 17 heavy (non-hydrogen) atoms. The Bertz CT molecular complexity index is 298. The smallest absolute Gasteiger partial charge is 0.225 e.